The van der Waals surface area contributed by atoms with Gasteiger partial charge in [-0.2, -0.15) is 0 Å². The maximum absolute atomic E-state index is 12.2. The van der Waals surface area contributed by atoms with Gasteiger partial charge in [-0.1, -0.05) is 0 Å². The highest BCUT2D eigenvalue weighted by Crippen LogP contribution is 2.34. The van der Waals surface area contributed by atoms with Crippen molar-refractivity contribution in [2.75, 3.05) is 6.61 Å². The van der Waals surface area contributed by atoms with Crippen LogP contribution in [0.5, 0.6) is 5.88 Å². The van der Waals surface area contributed by atoms with Gasteiger partial charge in [-0.25, -0.2) is 9.78 Å². The molecule has 0 bridgehead atoms. The zero-order valence-corrected chi connectivity index (χ0v) is 10.4. The molecule has 20 heavy (non-hydrogen) atoms. The van der Waals surface area contributed by atoms with E-state index in [1.165, 1.54) is 13.8 Å². The van der Waals surface area contributed by atoms with Crippen molar-refractivity contribution < 1.29 is 32.4 Å². The molecule has 0 N–H and O–H groups in total. The fraction of sp³-hybridized carbons (Fsp3) is 0.400. The van der Waals surface area contributed by atoms with Gasteiger partial charge in [0.25, 0.3) is 0 Å². The number of ether oxygens (including phenoxy) is 2. The Kier molecular flexibility index (Phi) is 4.48. The van der Waals surface area contributed by atoms with Crippen LogP contribution in [-0.2, 0) is 4.74 Å². The molecule has 1 rings (SSSR count). The molecular weight excluding hydrogens is 285 g/mol. The fourth-order valence-corrected chi connectivity index (χ4v) is 1.39. The Balaban J connectivity index is 3.45. The third-order valence-electron chi connectivity index (χ3n) is 2.08. The van der Waals surface area contributed by atoms with Gasteiger partial charge in [0, 0.05) is 6.20 Å². The predicted molar refractivity (Wildman–Crippen MR) is 58.3 cm³/mol. The van der Waals surface area contributed by atoms with Crippen molar-refractivity contribution in [2.24, 2.45) is 0 Å². The van der Waals surface area contributed by atoms with Crippen LogP contribution in [0.3, 0.4) is 0 Å². The number of alkyl halides is 3. The number of carbonyl (C=O) groups excluding carboxylic acids is 1. The Hall–Kier alpha value is -2.39. The van der Waals surface area contributed by atoms with E-state index in [0.29, 0.717) is 0 Å². The average molecular weight is 294 g/mol. The number of pyridine rings is 1. The summed E-state index contributed by atoms with van der Waals surface area (Å²) < 4.78 is 44.5. The second-order valence-corrected chi connectivity index (χ2v) is 3.50. The molecule has 0 amide bonds. The molecule has 0 atom stereocenters. The van der Waals surface area contributed by atoms with Crippen LogP contribution < -0.4 is 4.74 Å². The number of hydrogen-bond acceptors (Lipinski definition) is 6. The summed E-state index contributed by atoms with van der Waals surface area (Å²) in [5.74, 6) is -2.43. The molecule has 1 heterocycles. The predicted octanol–water partition coefficient (Wildman–Crippen LogP) is 2.37. The van der Waals surface area contributed by atoms with Gasteiger partial charge in [0.05, 0.1) is 11.5 Å². The number of aromatic nitrogens is 1. The third kappa shape index (κ3) is 3.56. The Morgan fingerprint density at radius 2 is 2.10 bits per heavy atom. The third-order valence-corrected chi connectivity index (χ3v) is 2.08. The lowest BCUT2D eigenvalue weighted by molar-refractivity contribution is -0.389. The Bertz CT molecular complexity index is 544. The minimum atomic E-state index is -5.17. The maximum Gasteiger partial charge on any atom is 0.574 e. The molecule has 0 aliphatic carbocycles. The topological polar surface area (TPSA) is 91.6 Å². The first kappa shape index (κ1) is 15.7. The molecule has 0 aliphatic rings. The molecule has 0 fully saturated rings. The van der Waals surface area contributed by atoms with Crippen molar-refractivity contribution >= 4 is 11.7 Å². The van der Waals surface area contributed by atoms with Crippen LogP contribution in [0.25, 0.3) is 0 Å². The standard InChI is InChI=1S/C10H9F3N2O5/c1-3-19-9(16)6-5(2)4-14-8(7(6)15(17)18)20-10(11,12)13/h4H,3H2,1-2H3. The van der Waals surface area contributed by atoms with Gasteiger partial charge >= 0.3 is 23.9 Å². The number of halogens is 3. The maximum atomic E-state index is 12.2. The first-order valence-electron chi connectivity index (χ1n) is 5.24. The normalized spacial score (nSPS) is 11.1. The average Bonchev–Trinajstić information content (AvgIpc) is 2.29. The van der Waals surface area contributed by atoms with Crippen molar-refractivity contribution in [3.8, 4) is 5.88 Å². The van der Waals surface area contributed by atoms with E-state index in [2.05, 4.69) is 14.5 Å². The van der Waals surface area contributed by atoms with Crippen molar-refractivity contribution in [3.05, 3.63) is 27.4 Å². The second-order valence-electron chi connectivity index (χ2n) is 3.50. The molecule has 10 heteroatoms. The lowest BCUT2D eigenvalue weighted by Gasteiger charge is -2.11. The number of nitrogens with zero attached hydrogens (tertiary/aromatic N) is 2. The van der Waals surface area contributed by atoms with Crippen molar-refractivity contribution in [2.45, 2.75) is 20.2 Å². The van der Waals surface area contributed by atoms with Crippen molar-refractivity contribution in [1.29, 1.82) is 0 Å². The molecular formula is C10H9F3N2O5. The van der Waals surface area contributed by atoms with Gasteiger partial charge in [-0.05, 0) is 19.4 Å². The number of hydrogen-bond donors (Lipinski definition) is 0. The Morgan fingerprint density at radius 1 is 1.50 bits per heavy atom. The molecule has 0 spiro atoms. The highest BCUT2D eigenvalue weighted by molar-refractivity contribution is 5.96. The molecule has 0 aliphatic heterocycles. The zero-order valence-electron chi connectivity index (χ0n) is 10.4. The summed E-state index contributed by atoms with van der Waals surface area (Å²) in [6.45, 7) is 2.64. The van der Waals surface area contributed by atoms with Gasteiger partial charge in [0.15, 0.2) is 0 Å². The summed E-state index contributed by atoms with van der Waals surface area (Å²) in [6, 6.07) is 0. The molecule has 0 aromatic carbocycles. The summed E-state index contributed by atoms with van der Waals surface area (Å²) in [6.07, 6.45) is -4.31. The van der Waals surface area contributed by atoms with Crippen LogP contribution in [0.15, 0.2) is 6.20 Å². The minimum Gasteiger partial charge on any atom is -0.462 e. The van der Waals surface area contributed by atoms with E-state index in [-0.39, 0.29) is 12.2 Å². The van der Waals surface area contributed by atoms with E-state index in [1.807, 2.05) is 0 Å². The fourth-order valence-electron chi connectivity index (χ4n) is 1.39. The molecule has 1 aromatic heterocycles. The van der Waals surface area contributed by atoms with Crippen molar-refractivity contribution in [3.63, 3.8) is 0 Å². The SMILES string of the molecule is CCOC(=O)c1c(C)cnc(OC(F)(F)F)c1[N+](=O)[O-]. The van der Waals surface area contributed by atoms with Crippen molar-refractivity contribution in [1.82, 2.24) is 4.98 Å². The quantitative estimate of drug-likeness (QED) is 0.481. The smallest absolute Gasteiger partial charge is 0.462 e. The summed E-state index contributed by atoms with van der Waals surface area (Å²) in [5, 5.41) is 10.9. The monoisotopic (exact) mass is 294 g/mol. The Labute approximate surface area is 110 Å². The first-order valence-corrected chi connectivity index (χ1v) is 5.24. The molecule has 7 nitrogen and oxygen atoms in total. The second kappa shape index (κ2) is 5.72. The molecule has 1 aromatic rings. The molecule has 110 valence electrons. The van der Waals surface area contributed by atoms with Crippen LogP contribution in [0, 0.1) is 17.0 Å². The van der Waals surface area contributed by atoms with Gasteiger partial charge in [-0.3, -0.25) is 10.1 Å². The van der Waals surface area contributed by atoms with E-state index in [9.17, 15) is 28.1 Å². The number of carbonyl (C=O) groups is 1. The lowest BCUT2D eigenvalue weighted by Crippen LogP contribution is -2.20. The van der Waals surface area contributed by atoms with Gasteiger partial charge in [0.1, 0.15) is 5.56 Å². The summed E-state index contributed by atoms with van der Waals surface area (Å²) in [4.78, 5) is 24.5. The van der Waals surface area contributed by atoms with E-state index in [0.717, 1.165) is 6.20 Å². The highest BCUT2D eigenvalue weighted by atomic mass is 19.4. The highest BCUT2D eigenvalue weighted by Gasteiger charge is 2.38. The van der Waals surface area contributed by atoms with Crippen LogP contribution in [0.2, 0.25) is 0 Å². The van der Waals surface area contributed by atoms with Gasteiger partial charge < -0.3 is 9.47 Å². The Morgan fingerprint density at radius 3 is 2.55 bits per heavy atom. The van der Waals surface area contributed by atoms with E-state index in [1.54, 1.807) is 0 Å². The zero-order chi connectivity index (χ0) is 15.5. The molecule has 0 saturated heterocycles. The minimum absolute atomic E-state index is 0.00433. The summed E-state index contributed by atoms with van der Waals surface area (Å²) >= 11 is 0. The van der Waals surface area contributed by atoms with Gasteiger partial charge in [0.2, 0.25) is 0 Å². The lowest BCUT2D eigenvalue weighted by atomic mass is 10.1. The number of rotatable bonds is 4. The van der Waals surface area contributed by atoms with Crippen LogP contribution in [0.4, 0.5) is 18.9 Å². The first-order chi connectivity index (χ1) is 9.17. The molecule has 0 unspecified atom stereocenters. The van der Waals surface area contributed by atoms with E-state index < -0.39 is 34.4 Å². The van der Waals surface area contributed by atoms with Gasteiger partial charge in [-0.15, -0.1) is 13.2 Å². The molecule has 0 radical (unpaired) electrons. The summed E-state index contributed by atoms with van der Waals surface area (Å²) in [5.41, 5.74) is -1.79. The number of esters is 1. The van der Waals surface area contributed by atoms with E-state index in [4.69, 9.17) is 0 Å². The summed E-state index contributed by atoms with van der Waals surface area (Å²) in [7, 11) is 0. The van der Waals surface area contributed by atoms with E-state index >= 15 is 0 Å². The van der Waals surface area contributed by atoms with Crippen LogP contribution >= 0.6 is 0 Å². The van der Waals surface area contributed by atoms with Crippen LogP contribution in [0.1, 0.15) is 22.8 Å². The largest absolute Gasteiger partial charge is 0.574 e. The number of nitro groups is 1. The van der Waals surface area contributed by atoms with Crippen LogP contribution in [-0.4, -0.2) is 28.8 Å². The molecule has 0 saturated carbocycles. The number of aryl methyl sites for hydroxylation is 1.